The van der Waals surface area contributed by atoms with Crippen LogP contribution in [0.5, 0.6) is 0 Å². The van der Waals surface area contributed by atoms with Gasteiger partial charge in [0.15, 0.2) is 5.54 Å². The Morgan fingerprint density at radius 3 is 1.81 bits per heavy atom. The summed E-state index contributed by atoms with van der Waals surface area (Å²) < 4.78 is 66.4. The molecule has 3 aromatic carbocycles. The van der Waals surface area contributed by atoms with Crippen molar-refractivity contribution < 1.29 is 26.7 Å². The number of hydrogen-bond acceptors (Lipinski definition) is 4. The van der Waals surface area contributed by atoms with Crippen LogP contribution in [0.15, 0.2) is 77.8 Å². The van der Waals surface area contributed by atoms with Crippen molar-refractivity contribution in [2.24, 2.45) is 10.9 Å². The molecule has 1 saturated heterocycles. The van der Waals surface area contributed by atoms with E-state index in [9.17, 15) is 26.7 Å². The molecule has 2 fully saturated rings. The van der Waals surface area contributed by atoms with Gasteiger partial charge in [0.05, 0.1) is 5.56 Å². The molecule has 0 aromatic heterocycles. The van der Waals surface area contributed by atoms with Gasteiger partial charge < -0.3 is 4.90 Å². The molecule has 2 heterocycles. The smallest absolute Gasteiger partial charge is 0.369 e. The lowest BCUT2D eigenvalue weighted by Gasteiger charge is -2.36. The average Bonchev–Trinajstić information content (AvgIpc) is 3.79. The molecular formula is C32H31F5N4O. The summed E-state index contributed by atoms with van der Waals surface area (Å²) in [6.45, 7) is 4.13. The Bertz CT molecular complexity index is 1400. The van der Waals surface area contributed by atoms with Crippen LogP contribution < -0.4 is 4.90 Å². The quantitative estimate of drug-likeness (QED) is 0.302. The summed E-state index contributed by atoms with van der Waals surface area (Å²) in [5.41, 5.74) is -0.194. The van der Waals surface area contributed by atoms with E-state index in [1.807, 2.05) is 0 Å². The Hall–Kier alpha value is -3.79. The van der Waals surface area contributed by atoms with Gasteiger partial charge >= 0.3 is 6.18 Å². The number of carbonyl (C=O) groups excluding carboxylic acids is 1. The number of amides is 1. The first-order valence-electron chi connectivity index (χ1n) is 14.2. The number of alkyl halides is 3. The average molecular weight is 583 g/mol. The highest BCUT2D eigenvalue weighted by atomic mass is 19.4. The normalized spacial score (nSPS) is 19.4. The van der Waals surface area contributed by atoms with Gasteiger partial charge in [-0.1, -0.05) is 24.3 Å². The number of anilines is 1. The van der Waals surface area contributed by atoms with Gasteiger partial charge in [-0.25, -0.2) is 13.8 Å². The Labute approximate surface area is 241 Å². The minimum Gasteiger partial charge on any atom is -0.369 e. The van der Waals surface area contributed by atoms with E-state index in [1.165, 1.54) is 36.4 Å². The van der Waals surface area contributed by atoms with E-state index in [0.717, 1.165) is 56.1 Å². The monoisotopic (exact) mass is 582 g/mol. The van der Waals surface area contributed by atoms with Crippen molar-refractivity contribution in [2.75, 3.05) is 44.2 Å². The number of benzene rings is 3. The maximum absolute atomic E-state index is 14.2. The summed E-state index contributed by atoms with van der Waals surface area (Å²) in [6.07, 6.45) is -1.76. The zero-order valence-electron chi connectivity index (χ0n) is 23.0. The summed E-state index contributed by atoms with van der Waals surface area (Å²) in [6, 6.07) is 16.8. The van der Waals surface area contributed by atoms with Gasteiger partial charge in [0.25, 0.3) is 5.91 Å². The lowest BCUT2D eigenvalue weighted by molar-refractivity contribution is -0.137. The van der Waals surface area contributed by atoms with E-state index >= 15 is 0 Å². The largest absolute Gasteiger partial charge is 0.416 e. The van der Waals surface area contributed by atoms with Crippen molar-refractivity contribution >= 4 is 17.4 Å². The second kappa shape index (κ2) is 11.1. The van der Waals surface area contributed by atoms with Crippen molar-refractivity contribution in [3.63, 3.8) is 0 Å². The minimum atomic E-state index is -4.35. The third kappa shape index (κ3) is 5.52. The maximum Gasteiger partial charge on any atom is 0.416 e. The van der Waals surface area contributed by atoms with Crippen LogP contribution in [0, 0.1) is 17.6 Å². The van der Waals surface area contributed by atoms with E-state index < -0.39 is 28.9 Å². The molecule has 1 aliphatic carbocycles. The number of nitrogens with zero attached hydrogens (tertiary/aromatic N) is 4. The predicted octanol–water partition coefficient (Wildman–Crippen LogP) is 6.09. The molecule has 42 heavy (non-hydrogen) atoms. The molecule has 0 spiro atoms. The van der Waals surface area contributed by atoms with Gasteiger partial charge in [0, 0.05) is 44.3 Å². The van der Waals surface area contributed by atoms with Crippen molar-refractivity contribution in [1.82, 2.24) is 9.80 Å². The molecule has 5 nitrogen and oxygen atoms in total. The van der Waals surface area contributed by atoms with Gasteiger partial charge in [-0.05, 0) is 85.5 Å². The Kier molecular flexibility index (Phi) is 7.51. The molecular weight excluding hydrogens is 551 g/mol. The van der Waals surface area contributed by atoms with Gasteiger partial charge in [-0.15, -0.1) is 0 Å². The Morgan fingerprint density at radius 1 is 0.762 bits per heavy atom. The van der Waals surface area contributed by atoms with Crippen LogP contribution in [0.2, 0.25) is 0 Å². The first kappa shape index (κ1) is 28.3. The summed E-state index contributed by atoms with van der Waals surface area (Å²) >= 11 is 0. The summed E-state index contributed by atoms with van der Waals surface area (Å²) in [7, 11) is 0. The van der Waals surface area contributed by atoms with Gasteiger partial charge in [-0.3, -0.25) is 14.6 Å². The molecule has 10 heteroatoms. The third-order valence-corrected chi connectivity index (χ3v) is 8.37. The zero-order valence-corrected chi connectivity index (χ0v) is 23.0. The molecule has 2 aliphatic heterocycles. The second-order valence-corrected chi connectivity index (χ2v) is 11.2. The van der Waals surface area contributed by atoms with Crippen molar-refractivity contribution in [2.45, 2.75) is 31.0 Å². The fraction of sp³-hybridized carbons (Fsp3) is 0.375. The van der Waals surface area contributed by atoms with Crippen LogP contribution >= 0.6 is 0 Å². The number of amidine groups is 1. The highest BCUT2D eigenvalue weighted by Gasteiger charge is 2.53. The van der Waals surface area contributed by atoms with E-state index in [4.69, 9.17) is 4.99 Å². The van der Waals surface area contributed by atoms with Gasteiger partial charge in [-0.2, -0.15) is 13.2 Å². The van der Waals surface area contributed by atoms with Gasteiger partial charge in [0.1, 0.15) is 17.5 Å². The number of hydrogen-bond donors (Lipinski definition) is 0. The molecule has 6 rings (SSSR count). The third-order valence-electron chi connectivity index (χ3n) is 8.37. The Balaban J connectivity index is 1.13. The van der Waals surface area contributed by atoms with Crippen LogP contribution in [0.25, 0.3) is 0 Å². The molecule has 3 aliphatic rings. The van der Waals surface area contributed by atoms with Crippen LogP contribution in [0.4, 0.5) is 27.6 Å². The molecule has 0 N–H and O–H groups in total. The van der Waals surface area contributed by atoms with Crippen LogP contribution in [0.3, 0.4) is 0 Å². The van der Waals surface area contributed by atoms with Crippen LogP contribution in [-0.2, 0) is 16.5 Å². The molecule has 1 saturated carbocycles. The van der Waals surface area contributed by atoms with Crippen molar-refractivity contribution in [1.29, 1.82) is 0 Å². The van der Waals surface area contributed by atoms with Crippen molar-refractivity contribution in [3.8, 4) is 0 Å². The number of piperazine rings is 1. The number of halogens is 5. The fourth-order valence-electron chi connectivity index (χ4n) is 5.92. The second-order valence-electron chi connectivity index (χ2n) is 11.2. The van der Waals surface area contributed by atoms with Gasteiger partial charge in [0.2, 0.25) is 0 Å². The van der Waals surface area contributed by atoms with E-state index in [-0.39, 0.29) is 11.8 Å². The fourth-order valence-corrected chi connectivity index (χ4v) is 5.92. The minimum absolute atomic E-state index is 0.184. The standard InChI is InChI=1S/C32H31F5N4O/c33-26-10-4-23(5-11-26)31(24-6-12-27(34)13-7-24)30(42)41(29(38-31)22-2-3-22)17-1-16-39-18-20-40(21-19-39)28-14-8-25(9-15-28)32(35,36)37/h4-15,22H,1-3,16-21H2. The van der Waals surface area contributed by atoms with E-state index in [0.29, 0.717) is 37.2 Å². The molecule has 220 valence electrons. The topological polar surface area (TPSA) is 39.2 Å². The maximum atomic E-state index is 14.2. The van der Waals surface area contributed by atoms with Crippen LogP contribution in [0.1, 0.15) is 36.0 Å². The van der Waals surface area contributed by atoms with Crippen molar-refractivity contribution in [3.05, 3.63) is 101 Å². The summed E-state index contributed by atoms with van der Waals surface area (Å²) in [4.78, 5) is 25.4. The lowest BCUT2D eigenvalue weighted by atomic mass is 9.82. The number of carbonyl (C=O) groups is 1. The molecule has 0 atom stereocenters. The molecule has 1 amide bonds. The van der Waals surface area contributed by atoms with Crippen LogP contribution in [-0.4, -0.2) is 60.8 Å². The molecule has 3 aromatic rings. The number of rotatable bonds is 8. The highest BCUT2D eigenvalue weighted by molar-refractivity contribution is 6.11. The number of aliphatic imine (C=N–C) groups is 1. The first-order chi connectivity index (χ1) is 20.1. The molecule has 0 unspecified atom stereocenters. The SMILES string of the molecule is O=C1N(CCCN2CCN(c3ccc(C(F)(F)F)cc3)CC2)C(C2CC2)=NC1(c1ccc(F)cc1)c1ccc(F)cc1. The Morgan fingerprint density at radius 2 is 1.31 bits per heavy atom. The summed E-state index contributed by atoms with van der Waals surface area (Å²) in [5, 5.41) is 0. The predicted molar refractivity (Wildman–Crippen MR) is 150 cm³/mol. The molecule has 0 radical (unpaired) electrons. The van der Waals surface area contributed by atoms with E-state index in [2.05, 4.69) is 9.80 Å². The van der Waals surface area contributed by atoms with E-state index in [1.54, 1.807) is 29.2 Å². The summed E-state index contributed by atoms with van der Waals surface area (Å²) in [5.74, 6) is -0.125. The zero-order chi connectivity index (χ0) is 29.5. The lowest BCUT2D eigenvalue weighted by Crippen LogP contribution is -2.47. The molecule has 0 bridgehead atoms. The highest BCUT2D eigenvalue weighted by Crippen LogP contribution is 2.45. The first-order valence-corrected chi connectivity index (χ1v) is 14.2.